The highest BCUT2D eigenvalue weighted by Gasteiger charge is 2.50. The molecular weight excluding hydrogens is 1090 g/mol. The number of benzene rings is 3. The maximum atomic E-state index is 14.5. The number of nitrogens with zero attached hydrogens (tertiary/aromatic N) is 3. The highest BCUT2D eigenvalue weighted by Crippen LogP contribution is 2.31. The average Bonchev–Trinajstić information content (AvgIpc) is 4.09. The first-order valence-electron chi connectivity index (χ1n) is 29.4. The van der Waals surface area contributed by atoms with E-state index >= 15 is 0 Å². The third-order valence-corrected chi connectivity index (χ3v) is 17.3. The summed E-state index contributed by atoms with van der Waals surface area (Å²) in [6.07, 6.45) is -5.84. The fraction of sp³-hybridized carbons (Fsp3) is 0.600. The number of amides is 6. The molecule has 0 aromatic heterocycles. The highest BCUT2D eigenvalue weighted by atomic mass is 16.5. The van der Waals surface area contributed by atoms with Crippen molar-refractivity contribution < 1.29 is 79.5 Å². The van der Waals surface area contributed by atoms with E-state index in [1.807, 2.05) is 24.3 Å². The molecule has 4 aliphatic heterocycles. The number of phenolic OH excluding ortho intramolecular Hbond substituents is 1. The molecule has 5 fully saturated rings. The number of anilines is 1. The molecule has 0 radical (unpaired) electrons. The van der Waals surface area contributed by atoms with Crippen LogP contribution in [-0.4, -0.2) is 215 Å². The topological polar surface area (TPSA) is 364 Å². The number of carbonyl (C=O) groups excluding carboxylic acids is 6. The second-order valence-electron chi connectivity index (χ2n) is 23.7. The van der Waals surface area contributed by atoms with Crippen LogP contribution in [0.2, 0.25) is 0 Å². The number of nitrogens with one attached hydrogen (secondary N) is 5. The minimum atomic E-state index is -2.26. The van der Waals surface area contributed by atoms with Gasteiger partial charge in [-0.25, -0.2) is 0 Å². The number of hydrogen-bond donors (Lipinski definition) is 14. The Balaban J connectivity index is 1.01. The Kier molecular flexibility index (Phi) is 21.6. The molecule has 24 nitrogen and oxygen atoms in total. The number of likely N-dealkylation sites (tertiary alicyclic amines) is 1. The van der Waals surface area contributed by atoms with Gasteiger partial charge >= 0.3 is 0 Å². The van der Waals surface area contributed by atoms with Gasteiger partial charge in [0.2, 0.25) is 35.4 Å². The van der Waals surface area contributed by atoms with Crippen molar-refractivity contribution in [1.29, 1.82) is 0 Å². The maximum absolute atomic E-state index is 14.5. The summed E-state index contributed by atoms with van der Waals surface area (Å²) in [4.78, 5) is 90.6. The molecule has 84 heavy (non-hydrogen) atoms. The van der Waals surface area contributed by atoms with Crippen molar-refractivity contribution in [2.24, 2.45) is 17.8 Å². The first kappa shape index (κ1) is 63.5. The number of fused-ring (bicyclic) bond motifs is 2. The number of ether oxygens (including phenoxy) is 1. The highest BCUT2D eigenvalue weighted by molar-refractivity contribution is 5.98. The van der Waals surface area contributed by atoms with Crippen LogP contribution in [0.5, 0.6) is 11.5 Å². The number of aromatic hydroxyl groups is 1. The predicted molar refractivity (Wildman–Crippen MR) is 305 cm³/mol. The van der Waals surface area contributed by atoms with E-state index in [1.165, 1.54) is 89.6 Å². The Morgan fingerprint density at radius 1 is 0.631 bits per heavy atom. The Hall–Kier alpha value is -6.48. The largest absolute Gasteiger partial charge is 0.508 e. The van der Waals surface area contributed by atoms with E-state index in [0.717, 1.165) is 59.0 Å². The van der Waals surface area contributed by atoms with Crippen LogP contribution in [0.15, 0.2) is 72.8 Å². The van der Waals surface area contributed by atoms with E-state index in [0.29, 0.717) is 18.2 Å². The molecular formula is C60H84N8O16. The van der Waals surface area contributed by atoms with Crippen LogP contribution in [0, 0.1) is 17.8 Å². The standard InChI is InChI=1S/C60H84N8O16/c1-32-29-68-50(51(32)74)58(81)65-56(79)46(73)28-44(61-40-15-9-37(10-16-40)38-13-19-43(20-14-38)84-26-23-35-21-24-66(25-22-35)30-36-7-5-4-6-8-36)54(77)62-47(33(2)69)59(82)67-31-42(72)27-45(67)55(78)64-49(57(80)63-48(34(3)70)60(68)83)53(76)52(75)39-11-17-41(71)18-12-39/h9-20,32-36,42,44-53,56,61,69-76,79H,4-8,21-31H2,1-3H3,(H,62,77)(H,63,80)(H,64,78)(H,65,81). The number of piperidine rings is 1. The summed E-state index contributed by atoms with van der Waals surface area (Å²) in [5.74, 6) is -5.82. The summed E-state index contributed by atoms with van der Waals surface area (Å²) < 4.78 is 6.16. The van der Waals surface area contributed by atoms with Gasteiger partial charge in [0, 0.05) is 44.1 Å². The van der Waals surface area contributed by atoms with Crippen LogP contribution >= 0.6 is 0 Å². The molecule has 6 amide bonds. The van der Waals surface area contributed by atoms with E-state index in [2.05, 4.69) is 31.5 Å². The van der Waals surface area contributed by atoms with Gasteiger partial charge in [-0.15, -0.1) is 0 Å². The molecule has 4 heterocycles. The molecule has 24 heteroatoms. The lowest BCUT2D eigenvalue weighted by atomic mass is 9.87. The molecule has 1 saturated carbocycles. The van der Waals surface area contributed by atoms with Crippen molar-refractivity contribution in [2.45, 2.75) is 170 Å². The first-order valence-corrected chi connectivity index (χ1v) is 29.4. The number of carbonyl (C=O) groups is 6. The number of phenols is 1. The van der Waals surface area contributed by atoms with Gasteiger partial charge < -0.3 is 92.0 Å². The average molecular weight is 1170 g/mol. The van der Waals surface area contributed by atoms with Crippen molar-refractivity contribution >= 4 is 41.1 Å². The van der Waals surface area contributed by atoms with Gasteiger partial charge in [-0.05, 0) is 124 Å². The van der Waals surface area contributed by atoms with Crippen LogP contribution in [0.1, 0.15) is 96.6 Å². The Morgan fingerprint density at radius 2 is 1.21 bits per heavy atom. The molecule has 1 aliphatic carbocycles. The van der Waals surface area contributed by atoms with Gasteiger partial charge in [-0.1, -0.05) is 62.6 Å². The summed E-state index contributed by atoms with van der Waals surface area (Å²) in [5.41, 5.74) is 1.91. The quantitative estimate of drug-likeness (QED) is 0.0975. The van der Waals surface area contributed by atoms with E-state index in [-0.39, 0.29) is 17.9 Å². The van der Waals surface area contributed by atoms with E-state index in [9.17, 15) is 74.7 Å². The second-order valence-corrected chi connectivity index (χ2v) is 23.7. The van der Waals surface area contributed by atoms with Crippen LogP contribution in [-0.2, 0) is 28.8 Å². The van der Waals surface area contributed by atoms with Crippen LogP contribution < -0.4 is 31.3 Å². The smallest absolute Gasteiger partial charge is 0.248 e. The molecule has 15 unspecified atom stereocenters. The first-order chi connectivity index (χ1) is 40.1. The SMILES string of the molecule is CC(O)C1NC(=O)C(Nc2ccc(-c3ccc(OCCC4CCN(CC5CCCCC5)CC4)cc3)cc2)CC(O)C(O)NC(=O)C2C(O)C(C)CN2C(=O)C(C(C)O)NC(=O)C(C(O)C(O)c2ccc(O)cc2)NC(=O)C2CC(O)CN2C1=O. The summed E-state index contributed by atoms with van der Waals surface area (Å²) in [5, 5.41) is 112. The number of aliphatic hydroxyl groups excluding tert-OH is 8. The minimum Gasteiger partial charge on any atom is -0.508 e. The summed E-state index contributed by atoms with van der Waals surface area (Å²) in [6, 6.07) is 8.20. The second kappa shape index (κ2) is 28.6. The third-order valence-electron chi connectivity index (χ3n) is 17.3. The fourth-order valence-corrected chi connectivity index (χ4v) is 12.3. The van der Waals surface area contributed by atoms with E-state index < -0.39 is 146 Å². The van der Waals surface area contributed by atoms with Crippen LogP contribution in [0.3, 0.4) is 0 Å². The van der Waals surface area contributed by atoms with E-state index in [1.54, 1.807) is 24.3 Å². The number of rotatable bonds is 14. The van der Waals surface area contributed by atoms with Gasteiger partial charge in [-0.2, -0.15) is 0 Å². The molecule has 5 aliphatic rings. The normalized spacial score (nSPS) is 30.2. The molecule has 0 bridgehead atoms. The van der Waals surface area contributed by atoms with Gasteiger partial charge in [0.05, 0.1) is 31.0 Å². The van der Waals surface area contributed by atoms with Gasteiger partial charge in [-0.3, -0.25) is 28.8 Å². The maximum Gasteiger partial charge on any atom is 0.248 e. The molecule has 460 valence electrons. The van der Waals surface area contributed by atoms with Gasteiger partial charge in [0.1, 0.15) is 66.1 Å². The summed E-state index contributed by atoms with van der Waals surface area (Å²) in [6.45, 7) is 7.05. The van der Waals surface area contributed by atoms with Crippen molar-refractivity contribution in [2.75, 3.05) is 44.6 Å². The molecule has 14 N–H and O–H groups in total. The zero-order valence-corrected chi connectivity index (χ0v) is 47.8. The molecule has 4 saturated heterocycles. The molecule has 3 aromatic carbocycles. The monoisotopic (exact) mass is 1170 g/mol. The van der Waals surface area contributed by atoms with Crippen molar-refractivity contribution in [1.82, 2.24) is 36.0 Å². The zero-order chi connectivity index (χ0) is 60.5. The van der Waals surface area contributed by atoms with Crippen molar-refractivity contribution in [3.8, 4) is 22.6 Å². The lowest BCUT2D eigenvalue weighted by Crippen LogP contribution is -2.64. The Morgan fingerprint density at radius 3 is 1.83 bits per heavy atom. The minimum absolute atomic E-state index is 0.0512. The van der Waals surface area contributed by atoms with Crippen LogP contribution in [0.25, 0.3) is 11.1 Å². The Bertz CT molecular complexity index is 2710. The molecule has 0 spiro atoms. The van der Waals surface area contributed by atoms with Crippen molar-refractivity contribution in [3.05, 3.63) is 78.4 Å². The Labute approximate surface area is 488 Å². The predicted octanol–water partition coefficient (Wildman–Crippen LogP) is -0.420. The summed E-state index contributed by atoms with van der Waals surface area (Å²) in [7, 11) is 0. The summed E-state index contributed by atoms with van der Waals surface area (Å²) >= 11 is 0. The number of aliphatic hydroxyl groups is 8. The molecule has 15 atom stereocenters. The fourth-order valence-electron chi connectivity index (χ4n) is 12.3. The van der Waals surface area contributed by atoms with Gasteiger partial charge in [0.25, 0.3) is 0 Å². The lowest BCUT2D eigenvalue weighted by Gasteiger charge is -2.35. The molecule has 3 aromatic rings. The number of hydrogen-bond acceptors (Lipinski definition) is 18. The van der Waals surface area contributed by atoms with Crippen molar-refractivity contribution in [3.63, 3.8) is 0 Å². The van der Waals surface area contributed by atoms with Gasteiger partial charge in [0.15, 0.2) is 6.23 Å². The zero-order valence-electron chi connectivity index (χ0n) is 47.8. The lowest BCUT2D eigenvalue weighted by molar-refractivity contribution is -0.148. The third kappa shape index (κ3) is 15.7. The van der Waals surface area contributed by atoms with E-state index in [4.69, 9.17) is 4.74 Å². The molecule has 8 rings (SSSR count). The van der Waals surface area contributed by atoms with Crippen LogP contribution in [0.4, 0.5) is 5.69 Å².